The maximum absolute atomic E-state index is 9.39. The minimum absolute atomic E-state index is 0.220. The van der Waals surface area contributed by atoms with Gasteiger partial charge in [0.2, 0.25) is 0 Å². The molecule has 1 N–H and O–H groups in total. The van der Waals surface area contributed by atoms with Gasteiger partial charge in [0.25, 0.3) is 0 Å². The molecule has 0 unspecified atom stereocenters. The zero-order valence-corrected chi connectivity index (χ0v) is 14.4. The highest BCUT2D eigenvalue weighted by molar-refractivity contribution is 5.62. The van der Waals surface area contributed by atoms with E-state index in [4.69, 9.17) is 0 Å². The number of aromatic nitrogens is 2. The Hall–Kier alpha value is -1.85. The summed E-state index contributed by atoms with van der Waals surface area (Å²) in [5.74, 6) is 0. The van der Waals surface area contributed by atoms with Crippen LogP contribution in [0.5, 0.6) is 0 Å². The van der Waals surface area contributed by atoms with Crippen molar-refractivity contribution in [1.29, 1.82) is 0 Å². The van der Waals surface area contributed by atoms with Gasteiger partial charge in [-0.05, 0) is 37.6 Å². The largest absolute Gasteiger partial charge is 0.395 e. The molecule has 5 nitrogen and oxygen atoms in total. The fourth-order valence-corrected chi connectivity index (χ4v) is 4.43. The number of para-hydroxylation sites is 1. The number of rotatable bonds is 4. The average molecular weight is 326 g/mol. The van der Waals surface area contributed by atoms with E-state index in [2.05, 4.69) is 45.4 Å². The highest BCUT2D eigenvalue weighted by Crippen LogP contribution is 2.46. The van der Waals surface area contributed by atoms with Crippen LogP contribution in [0.2, 0.25) is 0 Å². The number of hydrogen-bond donors (Lipinski definition) is 1. The Balaban J connectivity index is 1.48. The van der Waals surface area contributed by atoms with E-state index in [-0.39, 0.29) is 12.0 Å². The van der Waals surface area contributed by atoms with Gasteiger partial charge < -0.3 is 10.0 Å². The van der Waals surface area contributed by atoms with E-state index in [9.17, 15) is 5.11 Å². The molecule has 0 bridgehead atoms. The summed E-state index contributed by atoms with van der Waals surface area (Å²) in [5.41, 5.74) is 4.37. The Kier molecular flexibility index (Phi) is 4.06. The summed E-state index contributed by atoms with van der Waals surface area (Å²) >= 11 is 0. The molecule has 1 saturated heterocycles. The Labute approximate surface area is 143 Å². The molecule has 2 aliphatic rings. The molecule has 5 heteroatoms. The SMILES string of the molecule is Cn1cc(CN2CCC3(CC2)CN(CCO)c2ccccc23)cn1. The topological polar surface area (TPSA) is 44.5 Å². The minimum Gasteiger partial charge on any atom is -0.395 e. The number of likely N-dealkylation sites (tertiary alicyclic amines) is 1. The molecule has 0 atom stereocenters. The highest BCUT2D eigenvalue weighted by Gasteiger charge is 2.44. The molecule has 4 rings (SSSR count). The number of aryl methyl sites for hydroxylation is 1. The molecule has 0 aliphatic carbocycles. The van der Waals surface area contributed by atoms with Crippen LogP contribution in [0.3, 0.4) is 0 Å². The third-order valence-electron chi connectivity index (χ3n) is 5.66. The van der Waals surface area contributed by atoms with Gasteiger partial charge >= 0.3 is 0 Å². The van der Waals surface area contributed by atoms with Crippen molar-refractivity contribution < 1.29 is 5.11 Å². The fourth-order valence-electron chi connectivity index (χ4n) is 4.43. The van der Waals surface area contributed by atoms with Gasteiger partial charge in [0.15, 0.2) is 0 Å². The van der Waals surface area contributed by atoms with Crippen LogP contribution < -0.4 is 4.90 Å². The molecule has 3 heterocycles. The van der Waals surface area contributed by atoms with E-state index in [1.165, 1.54) is 29.7 Å². The third kappa shape index (κ3) is 2.72. The number of aliphatic hydroxyl groups excluding tert-OH is 1. The first-order chi connectivity index (χ1) is 11.7. The summed E-state index contributed by atoms with van der Waals surface area (Å²) in [6.07, 6.45) is 6.45. The van der Waals surface area contributed by atoms with Gasteiger partial charge in [-0.3, -0.25) is 9.58 Å². The van der Waals surface area contributed by atoms with Crippen molar-refractivity contribution >= 4 is 5.69 Å². The molecule has 0 amide bonds. The van der Waals surface area contributed by atoms with Crippen molar-refractivity contribution in [3.05, 3.63) is 47.8 Å². The maximum atomic E-state index is 9.39. The van der Waals surface area contributed by atoms with Crippen molar-refractivity contribution in [2.24, 2.45) is 7.05 Å². The lowest BCUT2D eigenvalue weighted by molar-refractivity contribution is 0.159. The first-order valence-corrected chi connectivity index (χ1v) is 8.85. The molecule has 2 aliphatic heterocycles. The quantitative estimate of drug-likeness (QED) is 0.930. The zero-order valence-electron chi connectivity index (χ0n) is 14.4. The first kappa shape index (κ1) is 15.7. The minimum atomic E-state index is 0.220. The van der Waals surface area contributed by atoms with E-state index < -0.39 is 0 Å². The second kappa shape index (κ2) is 6.22. The van der Waals surface area contributed by atoms with E-state index in [1.54, 1.807) is 0 Å². The molecule has 2 aromatic rings. The predicted octanol–water partition coefficient (Wildman–Crippen LogP) is 1.77. The molecule has 1 aromatic heterocycles. The first-order valence-electron chi connectivity index (χ1n) is 8.85. The van der Waals surface area contributed by atoms with Crippen molar-refractivity contribution in [2.75, 3.05) is 37.7 Å². The van der Waals surface area contributed by atoms with Crippen molar-refractivity contribution in [1.82, 2.24) is 14.7 Å². The van der Waals surface area contributed by atoms with Crippen molar-refractivity contribution in [3.63, 3.8) is 0 Å². The van der Waals surface area contributed by atoms with Crippen LogP contribution >= 0.6 is 0 Å². The molecule has 0 radical (unpaired) electrons. The molecule has 24 heavy (non-hydrogen) atoms. The number of nitrogens with zero attached hydrogens (tertiary/aromatic N) is 4. The van der Waals surface area contributed by atoms with E-state index in [0.717, 1.165) is 32.7 Å². The second-order valence-corrected chi connectivity index (χ2v) is 7.24. The number of hydrogen-bond acceptors (Lipinski definition) is 4. The summed E-state index contributed by atoms with van der Waals surface area (Å²) in [4.78, 5) is 4.91. The summed E-state index contributed by atoms with van der Waals surface area (Å²) in [6.45, 7) is 5.24. The zero-order chi connectivity index (χ0) is 16.6. The number of benzene rings is 1. The number of fused-ring (bicyclic) bond motifs is 2. The van der Waals surface area contributed by atoms with Gasteiger partial charge in [0, 0.05) is 49.5 Å². The van der Waals surface area contributed by atoms with Crippen LogP contribution in [0.1, 0.15) is 24.0 Å². The van der Waals surface area contributed by atoms with E-state index in [1.807, 2.05) is 17.9 Å². The molecule has 1 fully saturated rings. The molecule has 128 valence electrons. The fraction of sp³-hybridized carbons (Fsp3) is 0.526. The Morgan fingerprint density at radius 3 is 2.71 bits per heavy atom. The van der Waals surface area contributed by atoms with Gasteiger partial charge in [0.05, 0.1) is 12.8 Å². The normalized spacial score (nSPS) is 19.8. The lowest BCUT2D eigenvalue weighted by atomic mass is 9.74. The van der Waals surface area contributed by atoms with Crippen LogP contribution in [0, 0.1) is 0 Å². The van der Waals surface area contributed by atoms with Gasteiger partial charge in [-0.25, -0.2) is 0 Å². The predicted molar refractivity (Wildman–Crippen MR) is 95.1 cm³/mol. The van der Waals surface area contributed by atoms with Crippen molar-refractivity contribution in [2.45, 2.75) is 24.8 Å². The average Bonchev–Trinajstić information content (AvgIpc) is 3.13. The Bertz CT molecular complexity index is 703. The summed E-state index contributed by atoms with van der Waals surface area (Å²) < 4.78 is 1.88. The lowest BCUT2D eigenvalue weighted by Gasteiger charge is -2.40. The number of piperidine rings is 1. The van der Waals surface area contributed by atoms with E-state index >= 15 is 0 Å². The van der Waals surface area contributed by atoms with Gasteiger partial charge in [-0.2, -0.15) is 5.10 Å². The smallest absolute Gasteiger partial charge is 0.0606 e. The number of aliphatic hydroxyl groups is 1. The maximum Gasteiger partial charge on any atom is 0.0606 e. The van der Waals surface area contributed by atoms with Crippen LogP contribution in [0.25, 0.3) is 0 Å². The summed E-state index contributed by atoms with van der Waals surface area (Å²) in [5, 5.41) is 13.7. The number of β-amino-alcohol motifs (C(OH)–C–C–N with tert-alkyl or cyclic N) is 1. The van der Waals surface area contributed by atoms with Crippen LogP contribution in [-0.2, 0) is 19.0 Å². The van der Waals surface area contributed by atoms with Gasteiger partial charge in [-0.1, -0.05) is 18.2 Å². The Morgan fingerprint density at radius 1 is 1.21 bits per heavy atom. The highest BCUT2D eigenvalue weighted by atomic mass is 16.3. The van der Waals surface area contributed by atoms with Gasteiger partial charge in [0.1, 0.15) is 0 Å². The van der Waals surface area contributed by atoms with Crippen molar-refractivity contribution in [3.8, 4) is 0 Å². The van der Waals surface area contributed by atoms with Crippen LogP contribution in [0.15, 0.2) is 36.7 Å². The third-order valence-corrected chi connectivity index (χ3v) is 5.66. The molecular formula is C19H26N4O. The number of anilines is 1. The molecule has 1 spiro atoms. The standard InChI is InChI=1S/C19H26N4O/c1-21-13-16(12-20-21)14-22-8-6-19(7-9-22)15-23(10-11-24)18-5-3-2-4-17(18)19/h2-5,12-13,24H,6-11,14-15H2,1H3. The lowest BCUT2D eigenvalue weighted by Crippen LogP contribution is -2.45. The second-order valence-electron chi connectivity index (χ2n) is 7.24. The molecular weight excluding hydrogens is 300 g/mol. The Morgan fingerprint density at radius 2 is 2.00 bits per heavy atom. The summed E-state index contributed by atoms with van der Waals surface area (Å²) in [7, 11) is 1.97. The van der Waals surface area contributed by atoms with Crippen LogP contribution in [0.4, 0.5) is 5.69 Å². The molecule has 1 aromatic carbocycles. The monoisotopic (exact) mass is 326 g/mol. The molecule has 0 saturated carbocycles. The van der Waals surface area contributed by atoms with Gasteiger partial charge in [-0.15, -0.1) is 0 Å². The summed E-state index contributed by atoms with van der Waals surface area (Å²) in [6, 6.07) is 8.77. The van der Waals surface area contributed by atoms with E-state index in [0.29, 0.717) is 0 Å². The van der Waals surface area contributed by atoms with Crippen LogP contribution in [-0.4, -0.2) is 52.6 Å².